The summed E-state index contributed by atoms with van der Waals surface area (Å²) in [5.41, 5.74) is 8.03. The summed E-state index contributed by atoms with van der Waals surface area (Å²) < 4.78 is 77.2. The number of carbonyl (C=O) groups is 8. The molecule has 0 aliphatic heterocycles. The second kappa shape index (κ2) is 64.1. The molecule has 0 bridgehead atoms. The average Bonchev–Trinajstić information content (AvgIpc) is 0.825. The van der Waals surface area contributed by atoms with Gasteiger partial charge in [0.25, 0.3) is 0 Å². The fraction of sp³-hybridized carbons (Fsp3) is 0.113. The topological polar surface area (TPSA) is 432 Å². The summed E-state index contributed by atoms with van der Waals surface area (Å²) in [6.07, 6.45) is 3.57. The predicted octanol–water partition coefficient (Wildman–Crippen LogP) is -14.3. The predicted molar refractivity (Wildman–Crippen MR) is 466 cm³/mol. The quantitative estimate of drug-likeness (QED) is 0.0252. The van der Waals surface area contributed by atoms with E-state index in [9.17, 15) is 79.2 Å². The molecular weight excluding hydrogens is 2030 g/mol. The van der Waals surface area contributed by atoms with E-state index >= 15 is 0 Å². The molecule has 0 spiro atoms. The van der Waals surface area contributed by atoms with Crippen molar-refractivity contribution in [2.45, 2.75) is 79.3 Å². The first-order valence-corrected chi connectivity index (χ1v) is 41.3. The molecule has 0 aromatic heterocycles. The SMILES string of the molecule is O=C([O-])c1ccc(COc2cc(COc3cc(/C=C\c4cc(OCc5cc(OCc6ccc(C(=O)[O-])cc6)cc(OCc6ccc(C(=O)[O-])cc6)c5)cc(OCc5cc(OCc6ccc(C(=O)[O-])cc6)cc(OCc6ccc(C(=O)[O-])cc6)c5)c4)cc(OCc4cc(OCc5ccc(C(=O)[O-])cc5)cc(OCc5ccc(C(=O)[O-])cc5)c4)c3)cc(OCc3ccc(C(=O)[O-])cc3)c2)cc1.[K+].[K+].[K+].[K+].[K+].[K+].[K+].[K+]. The van der Waals surface area contributed by atoms with E-state index in [0.717, 1.165) is 0 Å². The number of hydrogen-bond acceptors (Lipinski definition) is 28. The third-order valence-corrected chi connectivity index (χ3v) is 20.4. The molecule has 0 amide bonds. The molecule has 0 atom stereocenters. The first-order chi connectivity index (χ1) is 64.8. The molecule has 0 N–H and O–H groups in total. The van der Waals surface area contributed by atoms with Gasteiger partial charge >= 0.3 is 411 Å². The van der Waals surface area contributed by atoms with Crippen LogP contribution in [0.2, 0.25) is 0 Å². The van der Waals surface area contributed by atoms with Gasteiger partial charge in [0.15, 0.2) is 0 Å². The zero-order chi connectivity index (χ0) is 94.0. The number of ether oxygens (including phenoxy) is 12. The molecule has 28 nitrogen and oxygen atoms in total. The smallest absolute Gasteiger partial charge is 0.545 e. The van der Waals surface area contributed by atoms with Crippen LogP contribution in [0.15, 0.2) is 303 Å². The van der Waals surface area contributed by atoms with Crippen LogP contribution in [0.4, 0.5) is 0 Å². The molecule has 14 rings (SSSR count). The van der Waals surface area contributed by atoms with E-state index < -0.39 is 47.8 Å². The van der Waals surface area contributed by atoms with Crippen LogP contribution >= 0.6 is 0 Å². The van der Waals surface area contributed by atoms with Crippen molar-refractivity contribution in [3.63, 3.8) is 0 Å². The Morgan fingerprint density at radius 2 is 0.246 bits per heavy atom. The summed E-state index contributed by atoms with van der Waals surface area (Å²) in [7, 11) is 0. The van der Waals surface area contributed by atoms with Gasteiger partial charge in [-0.15, -0.1) is 0 Å². The number of rotatable bonds is 46. The molecule has 36 heteroatoms. The Balaban J connectivity index is 0.00000386. The Hall–Kier alpha value is -4.73. The molecule has 0 fully saturated rings. The van der Waals surface area contributed by atoms with Crippen LogP contribution in [0, 0.1) is 0 Å². The summed E-state index contributed by atoms with van der Waals surface area (Å²) in [5, 5.41) is 93.0. The third-order valence-electron chi connectivity index (χ3n) is 20.4. The molecule has 14 aromatic carbocycles. The van der Waals surface area contributed by atoms with Gasteiger partial charge in [-0.2, -0.15) is 0 Å². The first-order valence-electron chi connectivity index (χ1n) is 41.3. The van der Waals surface area contributed by atoms with Crippen molar-refractivity contribution in [3.05, 3.63) is 426 Å². The first kappa shape index (κ1) is 126. The molecule has 14 aromatic rings. The Morgan fingerprint density at radius 3 is 0.352 bits per heavy atom. The average molecular weight is 2110 g/mol. The van der Waals surface area contributed by atoms with Crippen LogP contribution in [0.1, 0.15) is 161 Å². The van der Waals surface area contributed by atoms with Crippen molar-refractivity contribution < 1.29 is 547 Å². The van der Waals surface area contributed by atoms with Gasteiger partial charge in [0, 0.05) is 36.4 Å². The maximum atomic E-state index is 11.6. The molecule has 0 saturated heterocycles. The summed E-state index contributed by atoms with van der Waals surface area (Å²) in [6.45, 7) is -0.508. The fourth-order valence-electron chi connectivity index (χ4n) is 13.3. The van der Waals surface area contributed by atoms with E-state index in [1.165, 1.54) is 97.1 Å². The maximum absolute atomic E-state index is 11.6. The van der Waals surface area contributed by atoms with Crippen molar-refractivity contribution in [2.24, 2.45) is 0 Å². The van der Waals surface area contributed by atoms with Gasteiger partial charge in [0.1, 0.15) is 148 Å². The summed E-state index contributed by atoms with van der Waals surface area (Å²) in [4.78, 5) is 93.0. The van der Waals surface area contributed by atoms with E-state index in [1.54, 1.807) is 218 Å². The van der Waals surface area contributed by atoms with E-state index in [4.69, 9.17) is 56.8 Å². The van der Waals surface area contributed by atoms with Crippen LogP contribution < -0.4 is 509 Å². The Bertz CT molecular complexity index is 5540. The monoisotopic (exact) mass is 2110 g/mol. The van der Waals surface area contributed by atoms with Crippen LogP contribution in [0.5, 0.6) is 69.0 Å². The molecule has 0 unspecified atom stereocenters. The normalized spacial score (nSPS) is 10.3. The Morgan fingerprint density at radius 1 is 0.148 bits per heavy atom. The van der Waals surface area contributed by atoms with E-state index in [2.05, 4.69) is 0 Å². The van der Waals surface area contributed by atoms with Crippen LogP contribution in [-0.2, 0) is 79.3 Å². The standard InChI is InChI=1S/C106H84O28.8K/c107-99(108)79-19-3-65(4-20-79)53-123-91-39-75(40-92(49-91)124-54-66-5-21-80(22-6-66)100(109)110)61-131-87-35-73(36-88(47-87)132-62-76-41-93(125-55-67-7-23-81(24-8-67)101(111)112)50-94(42-76)126-56-68-9-25-82(26-10-68)102(113)114)1-2-74-37-89(133-63-77-43-95(127-57-69-11-27-83(28-12-69)103(115)116)51-96(44-77)128-58-70-13-29-84(30-14-70)104(117)118)48-90(38-74)134-64-78-45-97(129-59-71-15-31-85(32-16-71)105(119)120)52-98(46-78)130-60-72-17-33-86(34-18-72)106(121)122;;;;;;;;/h1-52H,53-64H2,(H,107,108)(H,109,110)(H,111,112)(H,113,114)(H,115,116)(H,117,118)(H,119,120)(H,121,122);;;;;;;;/q;8*+1/p-8/b2-1-;;;;;;;;. The minimum atomic E-state index is -1.35. The maximum Gasteiger partial charge on any atom is 1.00 e. The van der Waals surface area contributed by atoms with Gasteiger partial charge in [-0.1, -0.05) is 206 Å². The minimum Gasteiger partial charge on any atom is -0.545 e. The molecular formula is C106H76K8O28. The second-order valence-corrected chi connectivity index (χ2v) is 30.4. The Kier molecular flexibility index (Phi) is 56.8. The van der Waals surface area contributed by atoms with Gasteiger partial charge < -0.3 is 136 Å². The zero-order valence-corrected chi connectivity index (χ0v) is 104. The van der Waals surface area contributed by atoms with Crippen molar-refractivity contribution in [1.29, 1.82) is 0 Å². The number of carboxylic acids is 8. The van der Waals surface area contributed by atoms with Gasteiger partial charge in [0.05, 0.1) is 47.8 Å². The zero-order valence-electron chi connectivity index (χ0n) is 78.9. The number of carboxylic acid groups (broad SMARTS) is 8. The van der Waals surface area contributed by atoms with E-state index in [1.807, 2.05) is 0 Å². The van der Waals surface area contributed by atoms with Crippen molar-refractivity contribution in [3.8, 4) is 69.0 Å². The molecule has 0 radical (unpaired) electrons. The second-order valence-electron chi connectivity index (χ2n) is 30.4. The summed E-state index contributed by atoms with van der Waals surface area (Å²) in [6, 6.07) is 78.6. The molecule has 0 heterocycles. The minimum absolute atomic E-state index is 0. The summed E-state index contributed by atoms with van der Waals surface area (Å²) >= 11 is 0. The largest absolute Gasteiger partial charge is 1.00 e. The number of carbonyl (C=O) groups excluding carboxylic acids is 8. The fourth-order valence-corrected chi connectivity index (χ4v) is 13.3. The van der Waals surface area contributed by atoms with Crippen LogP contribution in [0.25, 0.3) is 12.2 Å². The number of aromatic carboxylic acids is 8. The molecule has 0 saturated carbocycles. The molecule has 676 valence electrons. The van der Waals surface area contributed by atoms with Gasteiger partial charge in [-0.25, -0.2) is 0 Å². The molecule has 0 aliphatic rings. The molecule has 142 heavy (non-hydrogen) atoms. The van der Waals surface area contributed by atoms with E-state index in [-0.39, 0.29) is 558 Å². The van der Waals surface area contributed by atoms with Gasteiger partial charge in [0.2, 0.25) is 0 Å². The third kappa shape index (κ3) is 40.9. The van der Waals surface area contributed by atoms with Gasteiger partial charge in [-0.3, -0.25) is 0 Å². The van der Waals surface area contributed by atoms with Crippen LogP contribution in [0.3, 0.4) is 0 Å². The Labute approximate surface area is 1160 Å². The van der Waals surface area contributed by atoms with Gasteiger partial charge in [-0.05, 0) is 195 Å². The number of hydrogen-bond donors (Lipinski definition) is 0. The van der Waals surface area contributed by atoms with Crippen molar-refractivity contribution in [2.75, 3.05) is 0 Å². The molecule has 0 aliphatic carbocycles. The summed E-state index contributed by atoms with van der Waals surface area (Å²) in [5.74, 6) is -7.03. The van der Waals surface area contributed by atoms with E-state index in [0.29, 0.717) is 124 Å². The van der Waals surface area contributed by atoms with Crippen molar-refractivity contribution >= 4 is 59.9 Å². The number of benzene rings is 14. The van der Waals surface area contributed by atoms with Crippen LogP contribution in [-0.4, -0.2) is 47.8 Å². The van der Waals surface area contributed by atoms with Crippen molar-refractivity contribution in [1.82, 2.24) is 0 Å².